The van der Waals surface area contributed by atoms with E-state index in [0.29, 0.717) is 36.0 Å². The number of ether oxygens (including phenoxy) is 2. The van der Waals surface area contributed by atoms with E-state index in [9.17, 15) is 4.79 Å². The molecule has 3 rings (SSSR count). The summed E-state index contributed by atoms with van der Waals surface area (Å²) in [5.74, 6) is 0.533. The highest BCUT2D eigenvalue weighted by Gasteiger charge is 2.29. The third-order valence-electron chi connectivity index (χ3n) is 4.08. The fourth-order valence-corrected chi connectivity index (χ4v) is 2.83. The maximum Gasteiger partial charge on any atom is 0.253 e. The molecule has 3 N–H and O–H groups in total. The summed E-state index contributed by atoms with van der Waals surface area (Å²) in [4.78, 5) is 12.3. The molecule has 0 radical (unpaired) electrons. The molecule has 0 aromatic heterocycles. The molecule has 2 aromatic rings. The first-order chi connectivity index (χ1) is 12.1. The van der Waals surface area contributed by atoms with Crippen LogP contribution in [0.25, 0.3) is 0 Å². The van der Waals surface area contributed by atoms with E-state index in [0.717, 1.165) is 12.0 Å². The monoisotopic (exact) mass is 396 g/mol. The molecule has 2 aromatic carbocycles. The second kappa shape index (κ2) is 9.78. The van der Waals surface area contributed by atoms with Gasteiger partial charge in [-0.25, -0.2) is 0 Å². The highest BCUT2D eigenvalue weighted by Crippen LogP contribution is 2.23. The zero-order valence-electron chi connectivity index (χ0n) is 14.2. The number of nitrogens with two attached hydrogens (primary N) is 1. The SMILES string of the molecule is Cl.NC[C@H]1CC[C@@H](C(=O)Nc2cccc(OCc3ccc(Cl)cc3)c2)O1. The Bertz CT molecular complexity index is 725. The van der Waals surface area contributed by atoms with Gasteiger partial charge in [0.2, 0.25) is 0 Å². The third-order valence-corrected chi connectivity index (χ3v) is 4.34. The molecular formula is C19H22Cl2N2O3. The van der Waals surface area contributed by atoms with E-state index in [4.69, 9.17) is 26.8 Å². The van der Waals surface area contributed by atoms with Crippen LogP contribution in [0.3, 0.4) is 0 Å². The molecule has 1 aliphatic rings. The van der Waals surface area contributed by atoms with Crippen LogP contribution >= 0.6 is 24.0 Å². The molecule has 0 unspecified atom stereocenters. The maximum absolute atomic E-state index is 12.3. The Labute approximate surface area is 164 Å². The standard InChI is InChI=1S/C19H21ClN2O3.ClH/c20-14-6-4-13(5-7-14)12-24-16-3-1-2-15(10-16)22-19(23)18-9-8-17(11-21)25-18;/h1-7,10,17-18H,8-9,11-12,21H2,(H,22,23);1H/t17-,18+;/m1./s1. The fraction of sp³-hybridized carbons (Fsp3) is 0.316. The van der Waals surface area contributed by atoms with Gasteiger partial charge in [0.15, 0.2) is 0 Å². The number of hydrogen-bond acceptors (Lipinski definition) is 4. The molecule has 5 nitrogen and oxygen atoms in total. The minimum absolute atomic E-state index is 0. The van der Waals surface area contributed by atoms with Gasteiger partial charge < -0.3 is 20.5 Å². The minimum Gasteiger partial charge on any atom is -0.489 e. The largest absolute Gasteiger partial charge is 0.489 e. The zero-order valence-corrected chi connectivity index (χ0v) is 15.8. The summed E-state index contributed by atoms with van der Waals surface area (Å²) in [5.41, 5.74) is 7.28. The number of anilines is 1. The summed E-state index contributed by atoms with van der Waals surface area (Å²) < 4.78 is 11.4. The predicted molar refractivity (Wildman–Crippen MR) is 105 cm³/mol. The number of carbonyl (C=O) groups excluding carboxylic acids is 1. The third kappa shape index (κ3) is 5.61. The van der Waals surface area contributed by atoms with E-state index in [1.807, 2.05) is 42.5 Å². The highest BCUT2D eigenvalue weighted by atomic mass is 35.5. The van der Waals surface area contributed by atoms with E-state index in [-0.39, 0.29) is 24.4 Å². The average Bonchev–Trinajstić information content (AvgIpc) is 3.11. The van der Waals surface area contributed by atoms with Crippen molar-refractivity contribution in [2.75, 3.05) is 11.9 Å². The van der Waals surface area contributed by atoms with Gasteiger partial charge in [0.25, 0.3) is 5.91 Å². The lowest BCUT2D eigenvalue weighted by Gasteiger charge is -2.13. The lowest BCUT2D eigenvalue weighted by atomic mass is 10.2. The predicted octanol–water partition coefficient (Wildman–Crippen LogP) is 3.79. The number of rotatable bonds is 6. The summed E-state index contributed by atoms with van der Waals surface area (Å²) in [6.45, 7) is 0.871. The molecular weight excluding hydrogens is 375 g/mol. The van der Waals surface area contributed by atoms with Gasteiger partial charge in [0.05, 0.1) is 6.10 Å². The molecule has 7 heteroatoms. The Morgan fingerprint density at radius 1 is 1.23 bits per heavy atom. The van der Waals surface area contributed by atoms with Crippen molar-refractivity contribution in [3.63, 3.8) is 0 Å². The first kappa shape index (κ1) is 20.5. The van der Waals surface area contributed by atoms with Crippen molar-refractivity contribution in [1.29, 1.82) is 0 Å². The van der Waals surface area contributed by atoms with Crippen LogP contribution in [0.15, 0.2) is 48.5 Å². The number of hydrogen-bond donors (Lipinski definition) is 2. The highest BCUT2D eigenvalue weighted by molar-refractivity contribution is 6.30. The average molecular weight is 397 g/mol. The minimum atomic E-state index is -0.438. The van der Waals surface area contributed by atoms with E-state index in [2.05, 4.69) is 5.32 Å². The summed E-state index contributed by atoms with van der Waals surface area (Å²) in [6, 6.07) is 14.8. The molecule has 140 valence electrons. The first-order valence-electron chi connectivity index (χ1n) is 8.28. The normalized spacial score (nSPS) is 18.8. The van der Waals surface area contributed by atoms with E-state index < -0.39 is 6.10 Å². The van der Waals surface area contributed by atoms with Crippen LogP contribution in [0.5, 0.6) is 5.75 Å². The van der Waals surface area contributed by atoms with E-state index in [1.165, 1.54) is 0 Å². The lowest BCUT2D eigenvalue weighted by Crippen LogP contribution is -2.29. The van der Waals surface area contributed by atoms with Crippen molar-refractivity contribution in [1.82, 2.24) is 0 Å². The Morgan fingerprint density at radius 2 is 2.00 bits per heavy atom. The van der Waals surface area contributed by atoms with Gasteiger partial charge in [-0.05, 0) is 42.7 Å². The van der Waals surface area contributed by atoms with Crippen molar-refractivity contribution in [3.8, 4) is 5.75 Å². The van der Waals surface area contributed by atoms with Crippen molar-refractivity contribution in [2.45, 2.75) is 31.7 Å². The van der Waals surface area contributed by atoms with Gasteiger partial charge in [0, 0.05) is 23.3 Å². The van der Waals surface area contributed by atoms with Crippen LogP contribution < -0.4 is 15.8 Å². The summed E-state index contributed by atoms with van der Waals surface area (Å²) in [6.07, 6.45) is 1.05. The van der Waals surface area contributed by atoms with Crippen molar-refractivity contribution in [3.05, 3.63) is 59.1 Å². The Morgan fingerprint density at radius 3 is 2.69 bits per heavy atom. The van der Waals surface area contributed by atoms with Crippen LogP contribution in [0.1, 0.15) is 18.4 Å². The molecule has 26 heavy (non-hydrogen) atoms. The van der Waals surface area contributed by atoms with Gasteiger partial charge in [0.1, 0.15) is 18.5 Å². The van der Waals surface area contributed by atoms with Crippen LogP contribution in [-0.2, 0) is 16.1 Å². The molecule has 0 bridgehead atoms. The molecule has 2 atom stereocenters. The molecule has 1 aliphatic heterocycles. The van der Waals surface area contributed by atoms with Crippen molar-refractivity contribution < 1.29 is 14.3 Å². The Kier molecular flexibility index (Phi) is 7.72. The Hall–Kier alpha value is -1.79. The summed E-state index contributed by atoms with van der Waals surface area (Å²) in [5, 5.41) is 3.57. The number of benzene rings is 2. The molecule has 0 aliphatic carbocycles. The van der Waals surface area contributed by atoms with Gasteiger partial charge in [-0.2, -0.15) is 0 Å². The zero-order chi connectivity index (χ0) is 17.6. The van der Waals surface area contributed by atoms with Crippen molar-refractivity contribution >= 4 is 35.6 Å². The molecule has 1 heterocycles. The van der Waals surface area contributed by atoms with Crippen LogP contribution in [0.2, 0.25) is 5.02 Å². The van der Waals surface area contributed by atoms with Crippen LogP contribution in [-0.4, -0.2) is 24.7 Å². The topological polar surface area (TPSA) is 73.6 Å². The van der Waals surface area contributed by atoms with E-state index in [1.54, 1.807) is 6.07 Å². The second-order valence-corrected chi connectivity index (χ2v) is 6.43. The van der Waals surface area contributed by atoms with Gasteiger partial charge >= 0.3 is 0 Å². The Balaban J connectivity index is 0.00000243. The number of halogens is 2. The smallest absolute Gasteiger partial charge is 0.253 e. The quantitative estimate of drug-likeness (QED) is 0.778. The lowest BCUT2D eigenvalue weighted by molar-refractivity contribution is -0.126. The summed E-state index contributed by atoms with van der Waals surface area (Å²) in [7, 11) is 0. The molecule has 0 saturated carbocycles. The number of amides is 1. The van der Waals surface area contributed by atoms with Gasteiger partial charge in [-0.3, -0.25) is 4.79 Å². The van der Waals surface area contributed by atoms with Crippen molar-refractivity contribution in [2.24, 2.45) is 5.73 Å². The van der Waals surface area contributed by atoms with Crippen LogP contribution in [0.4, 0.5) is 5.69 Å². The van der Waals surface area contributed by atoms with Gasteiger partial charge in [-0.15, -0.1) is 12.4 Å². The molecule has 0 spiro atoms. The number of carbonyl (C=O) groups is 1. The number of nitrogens with one attached hydrogen (secondary N) is 1. The second-order valence-electron chi connectivity index (χ2n) is 5.99. The maximum atomic E-state index is 12.3. The molecule has 1 fully saturated rings. The first-order valence-corrected chi connectivity index (χ1v) is 8.65. The summed E-state index contributed by atoms with van der Waals surface area (Å²) >= 11 is 5.87. The van der Waals surface area contributed by atoms with Crippen LogP contribution in [0, 0.1) is 0 Å². The fourth-order valence-electron chi connectivity index (χ4n) is 2.71. The molecule has 1 amide bonds. The molecule has 1 saturated heterocycles. The van der Waals surface area contributed by atoms with E-state index >= 15 is 0 Å². The van der Waals surface area contributed by atoms with Gasteiger partial charge in [-0.1, -0.05) is 29.8 Å².